The minimum absolute atomic E-state index is 0.366. The van der Waals surface area contributed by atoms with Gasteiger partial charge in [-0.25, -0.2) is 0 Å². The smallest absolute Gasteiger partial charge is 0.179 e. The van der Waals surface area contributed by atoms with Crippen molar-refractivity contribution in [2.45, 2.75) is 31.7 Å². The van der Waals surface area contributed by atoms with Crippen molar-refractivity contribution in [1.29, 1.82) is 0 Å². The van der Waals surface area contributed by atoms with Gasteiger partial charge < -0.3 is 14.8 Å². The van der Waals surface area contributed by atoms with E-state index in [2.05, 4.69) is 5.32 Å². The van der Waals surface area contributed by atoms with E-state index in [1.54, 1.807) is 14.2 Å². The average Bonchev–Trinajstić information content (AvgIpc) is 2.66. The number of nitrogens with one attached hydrogen (secondary N) is 1. The zero-order valence-electron chi connectivity index (χ0n) is 11.0. The number of rotatable bonds is 3. The molecule has 1 N–H and O–H groups in total. The third-order valence-electron chi connectivity index (χ3n) is 3.42. The molecule has 0 bridgehead atoms. The summed E-state index contributed by atoms with van der Waals surface area (Å²) in [4.78, 5) is 0. The van der Waals surface area contributed by atoms with E-state index in [0.29, 0.717) is 22.6 Å². The van der Waals surface area contributed by atoms with Gasteiger partial charge >= 0.3 is 0 Å². The van der Waals surface area contributed by atoms with Crippen molar-refractivity contribution in [3.8, 4) is 11.5 Å². The van der Waals surface area contributed by atoms with E-state index in [1.807, 2.05) is 12.1 Å². The molecular formula is C14H20ClNO2. The van der Waals surface area contributed by atoms with Gasteiger partial charge in [-0.3, -0.25) is 0 Å². The lowest BCUT2D eigenvalue weighted by Gasteiger charge is -2.19. The highest BCUT2D eigenvalue weighted by Gasteiger charge is 2.18. The largest absolute Gasteiger partial charge is 0.493 e. The fourth-order valence-corrected chi connectivity index (χ4v) is 2.75. The van der Waals surface area contributed by atoms with Gasteiger partial charge in [0.1, 0.15) is 0 Å². The standard InChI is InChI=1S/C14H20ClNO2/c1-17-13-9-10(8-11(15)14(13)18-2)12-6-4-3-5-7-16-12/h8-9,12,16H,3-7H2,1-2H3/t12-/m0/s1. The van der Waals surface area contributed by atoms with Gasteiger partial charge in [-0.05, 0) is 37.1 Å². The van der Waals surface area contributed by atoms with Crippen LogP contribution in [0.3, 0.4) is 0 Å². The van der Waals surface area contributed by atoms with Crippen LogP contribution >= 0.6 is 11.6 Å². The summed E-state index contributed by atoms with van der Waals surface area (Å²) in [6, 6.07) is 4.37. The topological polar surface area (TPSA) is 30.5 Å². The third-order valence-corrected chi connectivity index (χ3v) is 3.70. The van der Waals surface area contributed by atoms with Crippen molar-refractivity contribution in [3.63, 3.8) is 0 Å². The Hall–Kier alpha value is -0.930. The summed E-state index contributed by atoms with van der Waals surface area (Å²) in [5.74, 6) is 1.31. The van der Waals surface area contributed by atoms with Crippen LogP contribution in [0.2, 0.25) is 5.02 Å². The normalized spacial score (nSPS) is 20.3. The number of methoxy groups -OCH3 is 2. The Bertz CT molecular complexity index is 401. The first-order valence-electron chi connectivity index (χ1n) is 6.41. The van der Waals surface area contributed by atoms with Gasteiger partial charge in [0.15, 0.2) is 11.5 Å². The maximum atomic E-state index is 6.24. The van der Waals surface area contributed by atoms with Crippen LogP contribution in [0, 0.1) is 0 Å². The Balaban J connectivity index is 2.29. The molecule has 1 heterocycles. The predicted octanol–water partition coefficient (Wildman–Crippen LogP) is 3.56. The Labute approximate surface area is 113 Å². The van der Waals surface area contributed by atoms with Crippen molar-refractivity contribution in [3.05, 3.63) is 22.7 Å². The van der Waals surface area contributed by atoms with Gasteiger partial charge in [0, 0.05) is 6.04 Å². The van der Waals surface area contributed by atoms with Crippen molar-refractivity contribution in [1.82, 2.24) is 5.32 Å². The summed E-state index contributed by atoms with van der Waals surface area (Å²) >= 11 is 6.24. The second-order valence-electron chi connectivity index (χ2n) is 4.59. The van der Waals surface area contributed by atoms with Crippen LogP contribution < -0.4 is 14.8 Å². The molecule has 1 aromatic rings. The molecule has 100 valence electrons. The quantitative estimate of drug-likeness (QED) is 0.910. The summed E-state index contributed by atoms with van der Waals surface area (Å²) in [7, 11) is 3.24. The highest BCUT2D eigenvalue weighted by Crippen LogP contribution is 2.38. The second-order valence-corrected chi connectivity index (χ2v) is 5.00. The second kappa shape index (κ2) is 6.30. The lowest BCUT2D eigenvalue weighted by atomic mass is 10.0. The van der Waals surface area contributed by atoms with E-state index in [4.69, 9.17) is 21.1 Å². The Morgan fingerprint density at radius 1 is 1.17 bits per heavy atom. The summed E-state index contributed by atoms with van der Waals surface area (Å²) in [5.41, 5.74) is 1.18. The van der Waals surface area contributed by atoms with Crippen LogP contribution in [0.25, 0.3) is 0 Å². The molecule has 0 amide bonds. The van der Waals surface area contributed by atoms with Crippen molar-refractivity contribution in [2.24, 2.45) is 0 Å². The van der Waals surface area contributed by atoms with Crippen molar-refractivity contribution in [2.75, 3.05) is 20.8 Å². The molecule has 1 atom stereocenters. The van der Waals surface area contributed by atoms with E-state index in [0.717, 1.165) is 13.0 Å². The fraction of sp³-hybridized carbons (Fsp3) is 0.571. The fourth-order valence-electron chi connectivity index (χ4n) is 2.45. The van der Waals surface area contributed by atoms with E-state index < -0.39 is 0 Å². The molecule has 0 aliphatic carbocycles. The molecule has 1 aliphatic rings. The van der Waals surface area contributed by atoms with E-state index in [-0.39, 0.29) is 0 Å². The van der Waals surface area contributed by atoms with E-state index >= 15 is 0 Å². The maximum absolute atomic E-state index is 6.24. The first kappa shape index (κ1) is 13.5. The van der Waals surface area contributed by atoms with Crippen LogP contribution in [0.4, 0.5) is 0 Å². The number of halogens is 1. The number of hydrogen-bond acceptors (Lipinski definition) is 3. The van der Waals surface area contributed by atoms with Crippen LogP contribution in [0.15, 0.2) is 12.1 Å². The predicted molar refractivity (Wildman–Crippen MR) is 73.8 cm³/mol. The van der Waals surface area contributed by atoms with Gasteiger partial charge in [-0.15, -0.1) is 0 Å². The average molecular weight is 270 g/mol. The molecule has 1 saturated heterocycles. The van der Waals surface area contributed by atoms with Gasteiger partial charge in [0.25, 0.3) is 0 Å². The zero-order chi connectivity index (χ0) is 13.0. The SMILES string of the molecule is COc1cc([C@@H]2CCCCCN2)cc(Cl)c1OC. The summed E-state index contributed by atoms with van der Waals surface area (Å²) in [5, 5.41) is 4.17. The van der Waals surface area contributed by atoms with E-state index in [9.17, 15) is 0 Å². The summed E-state index contributed by atoms with van der Waals surface area (Å²) in [6.07, 6.45) is 4.94. The Kier molecular flexibility index (Phi) is 4.72. The van der Waals surface area contributed by atoms with Gasteiger partial charge in [0.2, 0.25) is 0 Å². The molecule has 1 aliphatic heterocycles. The molecule has 18 heavy (non-hydrogen) atoms. The van der Waals surface area contributed by atoms with Crippen molar-refractivity contribution >= 4 is 11.6 Å². The summed E-state index contributed by atoms with van der Waals surface area (Å²) < 4.78 is 10.6. The molecule has 0 saturated carbocycles. The van der Waals surface area contributed by atoms with Crippen LogP contribution in [0.1, 0.15) is 37.3 Å². The number of benzene rings is 1. The van der Waals surface area contributed by atoms with Crippen LogP contribution in [-0.2, 0) is 0 Å². The first-order chi connectivity index (χ1) is 8.76. The molecule has 1 fully saturated rings. The lowest BCUT2D eigenvalue weighted by molar-refractivity contribution is 0.354. The molecule has 0 spiro atoms. The molecule has 0 unspecified atom stereocenters. The lowest BCUT2D eigenvalue weighted by Crippen LogP contribution is -2.20. The molecule has 3 nitrogen and oxygen atoms in total. The highest BCUT2D eigenvalue weighted by atomic mass is 35.5. The monoisotopic (exact) mass is 269 g/mol. The Morgan fingerprint density at radius 2 is 2.00 bits per heavy atom. The molecule has 1 aromatic carbocycles. The summed E-state index contributed by atoms with van der Waals surface area (Å²) in [6.45, 7) is 1.07. The molecule has 2 rings (SSSR count). The molecule has 0 aromatic heterocycles. The Morgan fingerprint density at radius 3 is 2.72 bits per heavy atom. The highest BCUT2D eigenvalue weighted by molar-refractivity contribution is 6.32. The zero-order valence-corrected chi connectivity index (χ0v) is 11.7. The number of hydrogen-bond donors (Lipinski definition) is 1. The minimum atomic E-state index is 0.366. The molecule has 0 radical (unpaired) electrons. The van der Waals surface area contributed by atoms with E-state index in [1.165, 1.54) is 24.8 Å². The maximum Gasteiger partial charge on any atom is 0.179 e. The van der Waals surface area contributed by atoms with Crippen molar-refractivity contribution < 1.29 is 9.47 Å². The van der Waals surface area contributed by atoms with Gasteiger partial charge in [-0.1, -0.05) is 24.4 Å². The molecular weight excluding hydrogens is 250 g/mol. The van der Waals surface area contributed by atoms with Gasteiger partial charge in [0.05, 0.1) is 19.2 Å². The number of ether oxygens (including phenoxy) is 2. The first-order valence-corrected chi connectivity index (χ1v) is 6.79. The molecule has 4 heteroatoms. The third kappa shape index (κ3) is 2.90. The van der Waals surface area contributed by atoms with Gasteiger partial charge in [-0.2, -0.15) is 0 Å². The van der Waals surface area contributed by atoms with Crippen LogP contribution in [0.5, 0.6) is 11.5 Å². The minimum Gasteiger partial charge on any atom is -0.493 e. The van der Waals surface area contributed by atoms with Crippen LogP contribution in [-0.4, -0.2) is 20.8 Å².